The highest BCUT2D eigenvalue weighted by molar-refractivity contribution is 7.99. The molecule has 1 saturated heterocycles. The largest absolute Gasteiger partial charge is 0.411 e. The van der Waals surface area contributed by atoms with Crippen LogP contribution in [-0.2, 0) is 4.79 Å². The molecule has 18 heavy (non-hydrogen) atoms. The van der Waals surface area contributed by atoms with Crippen LogP contribution in [0.5, 0.6) is 0 Å². The van der Waals surface area contributed by atoms with Crippen molar-refractivity contribution >= 4 is 23.9 Å². The van der Waals surface area contributed by atoms with Crippen LogP contribution in [0.2, 0.25) is 0 Å². The zero-order chi connectivity index (χ0) is 13.8. The van der Waals surface area contributed by atoms with E-state index in [2.05, 4.69) is 15.4 Å². The summed E-state index contributed by atoms with van der Waals surface area (Å²) in [6.07, 6.45) is 2.60. The van der Waals surface area contributed by atoms with Crippen molar-refractivity contribution in [2.75, 3.05) is 26.4 Å². The fourth-order valence-electron chi connectivity index (χ4n) is 2.34. The summed E-state index contributed by atoms with van der Waals surface area (Å²) in [6.45, 7) is 4.85. The molecule has 2 N–H and O–H groups in total. The molecule has 5 nitrogen and oxygen atoms in total. The van der Waals surface area contributed by atoms with E-state index < -0.39 is 5.41 Å². The summed E-state index contributed by atoms with van der Waals surface area (Å²) in [5.41, 5.74) is -0.488. The van der Waals surface area contributed by atoms with Gasteiger partial charge in [0.2, 0.25) is 5.91 Å². The quantitative estimate of drug-likeness (QED) is 0.459. The SMILES string of the molecule is CNC(=O)C(C1SCCCN1C)C(C)(C)C=NO. The van der Waals surface area contributed by atoms with Gasteiger partial charge in [0.25, 0.3) is 0 Å². The van der Waals surface area contributed by atoms with Crippen LogP contribution in [0.1, 0.15) is 20.3 Å². The van der Waals surface area contributed by atoms with Gasteiger partial charge in [0.1, 0.15) is 0 Å². The maximum Gasteiger partial charge on any atom is 0.226 e. The van der Waals surface area contributed by atoms with Crippen molar-refractivity contribution in [3.63, 3.8) is 0 Å². The number of hydrogen-bond acceptors (Lipinski definition) is 5. The Morgan fingerprint density at radius 3 is 2.83 bits per heavy atom. The lowest BCUT2D eigenvalue weighted by molar-refractivity contribution is -0.128. The molecule has 2 unspecified atom stereocenters. The third kappa shape index (κ3) is 3.38. The summed E-state index contributed by atoms with van der Waals surface area (Å²) in [4.78, 5) is 14.4. The second kappa shape index (κ2) is 6.43. The lowest BCUT2D eigenvalue weighted by Crippen LogP contribution is -2.51. The summed E-state index contributed by atoms with van der Waals surface area (Å²) in [6, 6.07) is 0. The number of amides is 1. The Balaban J connectivity index is 3.00. The first-order valence-electron chi connectivity index (χ1n) is 6.16. The number of carbonyl (C=O) groups excluding carboxylic acids is 1. The molecule has 1 aliphatic heterocycles. The van der Waals surface area contributed by atoms with E-state index in [1.54, 1.807) is 18.8 Å². The summed E-state index contributed by atoms with van der Waals surface area (Å²) >= 11 is 1.80. The molecule has 0 aromatic rings. The number of carbonyl (C=O) groups is 1. The highest BCUT2D eigenvalue weighted by Gasteiger charge is 2.42. The van der Waals surface area contributed by atoms with Crippen molar-refractivity contribution in [2.24, 2.45) is 16.5 Å². The van der Waals surface area contributed by atoms with E-state index in [4.69, 9.17) is 5.21 Å². The molecule has 0 spiro atoms. The molecule has 1 amide bonds. The molecular formula is C12H23N3O2S. The Labute approximate surface area is 113 Å². The molecule has 0 bridgehead atoms. The minimum absolute atomic E-state index is 0.00819. The average molecular weight is 273 g/mol. The fraction of sp³-hybridized carbons (Fsp3) is 0.833. The Morgan fingerprint density at radius 1 is 1.67 bits per heavy atom. The van der Waals surface area contributed by atoms with Gasteiger partial charge in [0.05, 0.1) is 17.5 Å². The molecule has 2 atom stereocenters. The van der Waals surface area contributed by atoms with E-state index in [0.29, 0.717) is 0 Å². The third-order valence-electron chi connectivity index (χ3n) is 3.38. The van der Waals surface area contributed by atoms with Crippen LogP contribution in [0.3, 0.4) is 0 Å². The molecule has 1 heterocycles. The Morgan fingerprint density at radius 2 is 2.33 bits per heavy atom. The van der Waals surface area contributed by atoms with Crippen LogP contribution >= 0.6 is 11.8 Å². The van der Waals surface area contributed by atoms with E-state index in [0.717, 1.165) is 18.7 Å². The van der Waals surface area contributed by atoms with Crippen molar-refractivity contribution in [1.29, 1.82) is 0 Å². The van der Waals surface area contributed by atoms with Gasteiger partial charge in [-0.3, -0.25) is 9.69 Å². The van der Waals surface area contributed by atoms with Gasteiger partial charge in [-0.05, 0) is 25.8 Å². The molecular weight excluding hydrogens is 250 g/mol. The number of hydrogen-bond donors (Lipinski definition) is 2. The molecule has 0 aromatic heterocycles. The van der Waals surface area contributed by atoms with Crippen LogP contribution in [0, 0.1) is 11.3 Å². The molecule has 0 saturated carbocycles. The topological polar surface area (TPSA) is 64.9 Å². The van der Waals surface area contributed by atoms with Crippen molar-refractivity contribution in [3.05, 3.63) is 0 Å². The van der Waals surface area contributed by atoms with Gasteiger partial charge in [-0.25, -0.2) is 0 Å². The van der Waals surface area contributed by atoms with Crippen LogP contribution < -0.4 is 5.32 Å². The monoisotopic (exact) mass is 273 g/mol. The number of thioether (sulfide) groups is 1. The first-order valence-corrected chi connectivity index (χ1v) is 7.21. The van der Waals surface area contributed by atoms with Crippen molar-refractivity contribution in [1.82, 2.24) is 10.2 Å². The summed E-state index contributed by atoms with van der Waals surface area (Å²) in [5, 5.41) is 14.8. The molecule has 0 aromatic carbocycles. The number of rotatable bonds is 4. The first-order chi connectivity index (χ1) is 8.44. The van der Waals surface area contributed by atoms with Crippen molar-refractivity contribution < 1.29 is 10.0 Å². The van der Waals surface area contributed by atoms with Crippen LogP contribution in [0.25, 0.3) is 0 Å². The Kier molecular flexibility index (Phi) is 5.47. The minimum Gasteiger partial charge on any atom is -0.411 e. The maximum atomic E-state index is 12.2. The van der Waals surface area contributed by atoms with E-state index >= 15 is 0 Å². The zero-order valence-electron chi connectivity index (χ0n) is 11.5. The molecule has 0 aliphatic carbocycles. The van der Waals surface area contributed by atoms with Crippen LogP contribution in [0.4, 0.5) is 0 Å². The molecule has 1 rings (SSSR count). The number of nitrogens with one attached hydrogen (secondary N) is 1. The predicted octanol–water partition coefficient (Wildman–Crippen LogP) is 1.23. The standard InChI is InChI=1S/C12H23N3O2S/c1-12(2,8-14-17)9(10(16)13-3)11-15(4)6-5-7-18-11/h8-9,11,17H,5-7H2,1-4H3,(H,13,16). The summed E-state index contributed by atoms with van der Waals surface area (Å²) in [5.74, 6) is 0.814. The highest BCUT2D eigenvalue weighted by Crippen LogP contribution is 2.37. The molecule has 1 aliphatic rings. The van der Waals surface area contributed by atoms with Gasteiger partial charge in [-0.15, -0.1) is 16.9 Å². The van der Waals surface area contributed by atoms with Crippen molar-refractivity contribution in [2.45, 2.75) is 25.6 Å². The average Bonchev–Trinajstić information content (AvgIpc) is 2.31. The number of oxime groups is 1. The zero-order valence-corrected chi connectivity index (χ0v) is 12.3. The van der Waals surface area contributed by atoms with Gasteiger partial charge in [0, 0.05) is 12.5 Å². The third-order valence-corrected chi connectivity index (χ3v) is 4.88. The van der Waals surface area contributed by atoms with E-state index in [9.17, 15) is 4.79 Å². The fourth-order valence-corrected chi connectivity index (χ4v) is 3.91. The minimum atomic E-state index is -0.488. The second-order valence-electron chi connectivity index (χ2n) is 5.25. The molecule has 1 fully saturated rings. The molecule has 0 radical (unpaired) electrons. The lowest BCUT2D eigenvalue weighted by Gasteiger charge is -2.42. The molecule has 6 heteroatoms. The van der Waals surface area contributed by atoms with Gasteiger partial charge in [0.15, 0.2) is 0 Å². The van der Waals surface area contributed by atoms with Gasteiger partial charge >= 0.3 is 0 Å². The smallest absolute Gasteiger partial charge is 0.226 e. The summed E-state index contributed by atoms with van der Waals surface area (Å²) < 4.78 is 0. The van der Waals surface area contributed by atoms with E-state index in [-0.39, 0.29) is 17.2 Å². The van der Waals surface area contributed by atoms with Crippen LogP contribution in [-0.4, -0.2) is 54.0 Å². The maximum absolute atomic E-state index is 12.2. The molecule has 104 valence electrons. The normalized spacial score (nSPS) is 24.1. The predicted molar refractivity (Wildman–Crippen MR) is 75.1 cm³/mol. The lowest BCUT2D eigenvalue weighted by atomic mass is 9.78. The van der Waals surface area contributed by atoms with Gasteiger partial charge < -0.3 is 10.5 Å². The Bertz CT molecular complexity index is 320. The highest BCUT2D eigenvalue weighted by atomic mass is 32.2. The van der Waals surface area contributed by atoms with Gasteiger partial charge in [-0.1, -0.05) is 13.8 Å². The Hall–Kier alpha value is -0.750. The van der Waals surface area contributed by atoms with E-state index in [1.165, 1.54) is 6.21 Å². The second-order valence-corrected chi connectivity index (χ2v) is 6.48. The van der Waals surface area contributed by atoms with Crippen LogP contribution in [0.15, 0.2) is 5.16 Å². The first kappa shape index (κ1) is 15.3. The van der Waals surface area contributed by atoms with Gasteiger partial charge in [-0.2, -0.15) is 0 Å². The van der Waals surface area contributed by atoms with Crippen molar-refractivity contribution in [3.8, 4) is 0 Å². The summed E-state index contributed by atoms with van der Waals surface area (Å²) in [7, 11) is 3.69. The number of nitrogens with zero attached hydrogens (tertiary/aromatic N) is 2. The van der Waals surface area contributed by atoms with E-state index in [1.807, 2.05) is 20.9 Å².